The average Bonchev–Trinajstić information content (AvgIpc) is 3.26. The minimum atomic E-state index is -0.561. The number of nitrogens with one attached hydrogen (secondary N) is 2. The number of carbonyl (C=O) groups excluding carboxylic acids is 1. The van der Waals surface area contributed by atoms with Crippen LogP contribution in [0.15, 0.2) is 54.7 Å². The van der Waals surface area contributed by atoms with E-state index in [-0.39, 0.29) is 5.91 Å². The molecule has 1 aromatic heterocycles. The van der Waals surface area contributed by atoms with Crippen molar-refractivity contribution in [2.75, 3.05) is 20.3 Å². The molecular formula is C24H27N3O3. The third-order valence-corrected chi connectivity index (χ3v) is 5.89. The Hall–Kier alpha value is -3.12. The summed E-state index contributed by atoms with van der Waals surface area (Å²) >= 11 is 0. The third-order valence-electron chi connectivity index (χ3n) is 5.89. The highest BCUT2D eigenvalue weighted by atomic mass is 16.5. The van der Waals surface area contributed by atoms with Gasteiger partial charge < -0.3 is 14.8 Å². The monoisotopic (exact) mass is 405 g/mol. The first-order valence-corrected chi connectivity index (χ1v) is 10.2. The molecule has 0 bridgehead atoms. The van der Waals surface area contributed by atoms with Gasteiger partial charge in [0.1, 0.15) is 5.75 Å². The van der Waals surface area contributed by atoms with E-state index in [1.54, 1.807) is 13.3 Å². The van der Waals surface area contributed by atoms with Crippen LogP contribution in [-0.4, -0.2) is 36.4 Å². The van der Waals surface area contributed by atoms with Crippen LogP contribution in [0.3, 0.4) is 0 Å². The van der Waals surface area contributed by atoms with Crippen molar-refractivity contribution in [3.63, 3.8) is 0 Å². The molecule has 6 nitrogen and oxygen atoms in total. The van der Waals surface area contributed by atoms with Crippen molar-refractivity contribution in [2.45, 2.75) is 31.7 Å². The molecule has 0 spiro atoms. The number of amides is 1. The van der Waals surface area contributed by atoms with E-state index < -0.39 is 5.41 Å². The van der Waals surface area contributed by atoms with Crippen LogP contribution in [-0.2, 0) is 21.5 Å². The van der Waals surface area contributed by atoms with Crippen LogP contribution in [0.2, 0.25) is 0 Å². The number of rotatable bonds is 6. The average molecular weight is 405 g/mol. The summed E-state index contributed by atoms with van der Waals surface area (Å²) in [7, 11) is 1.65. The lowest BCUT2D eigenvalue weighted by Gasteiger charge is -2.36. The smallest absolute Gasteiger partial charge is 0.231 e. The van der Waals surface area contributed by atoms with Crippen molar-refractivity contribution in [1.29, 1.82) is 0 Å². The summed E-state index contributed by atoms with van der Waals surface area (Å²) in [6.45, 7) is 3.64. The molecule has 2 N–H and O–H groups in total. The number of aryl methyl sites for hydroxylation is 1. The molecule has 0 saturated carbocycles. The fraction of sp³-hybridized carbons (Fsp3) is 0.333. The molecule has 0 aliphatic carbocycles. The molecule has 3 aromatic rings. The fourth-order valence-corrected chi connectivity index (χ4v) is 4.11. The summed E-state index contributed by atoms with van der Waals surface area (Å²) in [6.07, 6.45) is 3.13. The van der Waals surface area contributed by atoms with Crippen LogP contribution in [0, 0.1) is 6.92 Å². The Bertz CT molecular complexity index is 1000. The van der Waals surface area contributed by atoms with Crippen LogP contribution in [0.1, 0.15) is 29.5 Å². The molecular weight excluding hydrogens is 378 g/mol. The molecule has 4 rings (SSSR count). The molecule has 156 valence electrons. The predicted octanol–water partition coefficient (Wildman–Crippen LogP) is 3.76. The fourth-order valence-electron chi connectivity index (χ4n) is 4.11. The number of hydrogen-bond acceptors (Lipinski definition) is 4. The maximum absolute atomic E-state index is 13.4. The molecule has 30 heavy (non-hydrogen) atoms. The highest BCUT2D eigenvalue weighted by Crippen LogP contribution is 2.36. The second-order valence-electron chi connectivity index (χ2n) is 7.75. The number of benzene rings is 2. The first-order chi connectivity index (χ1) is 14.6. The SMILES string of the molecule is COc1ccc(-c2[nH]ncc2CNC(=O)C2(c3cccc(C)c3)CCOCC2)cc1. The van der Waals surface area contributed by atoms with Gasteiger partial charge in [-0.3, -0.25) is 9.89 Å². The summed E-state index contributed by atoms with van der Waals surface area (Å²) < 4.78 is 10.8. The molecule has 0 unspecified atom stereocenters. The first-order valence-electron chi connectivity index (χ1n) is 10.2. The van der Waals surface area contributed by atoms with Gasteiger partial charge in [0.25, 0.3) is 0 Å². The third kappa shape index (κ3) is 3.96. The van der Waals surface area contributed by atoms with Crippen molar-refractivity contribution in [2.24, 2.45) is 0 Å². The van der Waals surface area contributed by atoms with E-state index in [2.05, 4.69) is 40.6 Å². The molecule has 1 aliphatic rings. The van der Waals surface area contributed by atoms with E-state index in [0.29, 0.717) is 32.6 Å². The maximum atomic E-state index is 13.4. The van der Waals surface area contributed by atoms with E-state index in [1.807, 2.05) is 30.3 Å². The lowest BCUT2D eigenvalue weighted by molar-refractivity contribution is -0.130. The van der Waals surface area contributed by atoms with E-state index in [0.717, 1.165) is 33.7 Å². The van der Waals surface area contributed by atoms with Crippen molar-refractivity contribution < 1.29 is 14.3 Å². The molecule has 2 aromatic carbocycles. The Labute approximate surface area is 176 Å². The zero-order valence-corrected chi connectivity index (χ0v) is 17.4. The summed E-state index contributed by atoms with van der Waals surface area (Å²) in [4.78, 5) is 13.4. The second kappa shape index (κ2) is 8.71. The largest absolute Gasteiger partial charge is 0.497 e. The molecule has 0 atom stereocenters. The maximum Gasteiger partial charge on any atom is 0.231 e. The molecule has 1 saturated heterocycles. The Kier molecular flexibility index (Phi) is 5.86. The minimum absolute atomic E-state index is 0.0401. The zero-order valence-electron chi connectivity index (χ0n) is 17.4. The van der Waals surface area contributed by atoms with Gasteiger partial charge in [-0.05, 0) is 49.6 Å². The quantitative estimate of drug-likeness (QED) is 0.655. The van der Waals surface area contributed by atoms with Crippen LogP contribution >= 0.6 is 0 Å². The van der Waals surface area contributed by atoms with Crippen molar-refractivity contribution in [1.82, 2.24) is 15.5 Å². The summed E-state index contributed by atoms with van der Waals surface area (Å²) in [6, 6.07) is 16.0. The van der Waals surface area contributed by atoms with Gasteiger partial charge in [-0.2, -0.15) is 5.10 Å². The van der Waals surface area contributed by atoms with Gasteiger partial charge in [-0.1, -0.05) is 29.8 Å². The highest BCUT2D eigenvalue weighted by Gasteiger charge is 2.41. The molecule has 2 heterocycles. The van der Waals surface area contributed by atoms with Gasteiger partial charge in [0.2, 0.25) is 5.91 Å². The predicted molar refractivity (Wildman–Crippen MR) is 115 cm³/mol. The topological polar surface area (TPSA) is 76.2 Å². The van der Waals surface area contributed by atoms with Crippen molar-refractivity contribution in [3.05, 3.63) is 71.4 Å². The summed E-state index contributed by atoms with van der Waals surface area (Å²) in [5, 5.41) is 10.4. The van der Waals surface area contributed by atoms with E-state index in [9.17, 15) is 4.79 Å². The standard InChI is InChI=1S/C24H27N3O3/c1-17-4-3-5-20(14-17)24(10-12-30-13-11-24)23(28)25-15-19-16-26-27-22(19)18-6-8-21(29-2)9-7-18/h3-9,14,16H,10-13,15H2,1-2H3,(H,25,28)(H,26,27). The van der Waals surface area contributed by atoms with Gasteiger partial charge in [0.15, 0.2) is 0 Å². The second-order valence-corrected chi connectivity index (χ2v) is 7.75. The lowest BCUT2D eigenvalue weighted by atomic mass is 9.73. The molecule has 1 aliphatic heterocycles. The van der Waals surface area contributed by atoms with Crippen LogP contribution in [0.5, 0.6) is 5.75 Å². The van der Waals surface area contributed by atoms with Gasteiger partial charge in [0.05, 0.1) is 24.4 Å². The van der Waals surface area contributed by atoms with Crippen LogP contribution < -0.4 is 10.1 Å². The molecule has 6 heteroatoms. The van der Waals surface area contributed by atoms with E-state index in [4.69, 9.17) is 9.47 Å². The van der Waals surface area contributed by atoms with E-state index in [1.165, 1.54) is 0 Å². The van der Waals surface area contributed by atoms with Crippen LogP contribution in [0.4, 0.5) is 0 Å². The number of H-pyrrole nitrogens is 1. The number of ether oxygens (including phenoxy) is 2. The van der Waals surface area contributed by atoms with Crippen molar-refractivity contribution in [3.8, 4) is 17.0 Å². The minimum Gasteiger partial charge on any atom is -0.497 e. The normalized spacial score (nSPS) is 15.5. The lowest BCUT2D eigenvalue weighted by Crippen LogP contribution is -2.47. The molecule has 1 amide bonds. The van der Waals surface area contributed by atoms with Crippen LogP contribution in [0.25, 0.3) is 11.3 Å². The number of methoxy groups -OCH3 is 1. The highest BCUT2D eigenvalue weighted by molar-refractivity contribution is 5.88. The first kappa shape index (κ1) is 20.2. The Morgan fingerprint density at radius 3 is 2.67 bits per heavy atom. The number of aromatic amines is 1. The summed E-state index contributed by atoms with van der Waals surface area (Å²) in [5.74, 6) is 0.839. The van der Waals surface area contributed by atoms with Gasteiger partial charge in [-0.25, -0.2) is 0 Å². The van der Waals surface area contributed by atoms with Gasteiger partial charge in [-0.15, -0.1) is 0 Å². The number of hydrogen-bond donors (Lipinski definition) is 2. The number of nitrogens with zero attached hydrogens (tertiary/aromatic N) is 1. The Morgan fingerprint density at radius 1 is 1.20 bits per heavy atom. The number of aromatic nitrogens is 2. The van der Waals surface area contributed by atoms with E-state index >= 15 is 0 Å². The molecule has 1 fully saturated rings. The number of carbonyl (C=O) groups is 1. The Balaban J connectivity index is 1.54. The van der Waals surface area contributed by atoms with Gasteiger partial charge >= 0.3 is 0 Å². The zero-order chi connectivity index (χ0) is 21.0. The van der Waals surface area contributed by atoms with Gasteiger partial charge in [0, 0.05) is 30.9 Å². The molecule has 0 radical (unpaired) electrons. The summed E-state index contributed by atoms with van der Waals surface area (Å²) in [5.41, 5.74) is 4.49. The van der Waals surface area contributed by atoms with Crippen molar-refractivity contribution >= 4 is 5.91 Å². The Morgan fingerprint density at radius 2 is 1.97 bits per heavy atom.